The summed E-state index contributed by atoms with van der Waals surface area (Å²) in [6.45, 7) is 8.04. The minimum absolute atomic E-state index is 0.359. The summed E-state index contributed by atoms with van der Waals surface area (Å²) in [6, 6.07) is 10.9. The Balaban J connectivity index is 1.67. The molecule has 0 aliphatic rings. The van der Waals surface area contributed by atoms with Gasteiger partial charge in [-0.3, -0.25) is 9.48 Å². The van der Waals surface area contributed by atoms with Crippen molar-refractivity contribution in [3.05, 3.63) is 74.0 Å². The summed E-state index contributed by atoms with van der Waals surface area (Å²) in [5, 5.41) is 9.26. The minimum Gasteiger partial charge on any atom is -0.496 e. The molecule has 1 N–H and O–H groups in total. The molecule has 174 valence electrons. The Labute approximate surface area is 206 Å². The SMILES string of the molecule is COc1ccc(/C=N\NC(=O)[C@H](C)Oc2ccc(Cl)cc2C)cc1Cn1nc(C)c(Br)c1C. The number of carbonyl (C=O) groups is 1. The number of aromatic nitrogens is 2. The van der Waals surface area contributed by atoms with Crippen LogP contribution in [0.15, 0.2) is 46.0 Å². The molecule has 1 amide bonds. The number of benzene rings is 2. The number of hydrazone groups is 1. The Bertz CT molecular complexity index is 1190. The van der Waals surface area contributed by atoms with Gasteiger partial charge >= 0.3 is 0 Å². The molecule has 9 heteroatoms. The highest BCUT2D eigenvalue weighted by atomic mass is 79.9. The van der Waals surface area contributed by atoms with Crippen molar-refractivity contribution in [3.63, 3.8) is 0 Å². The van der Waals surface area contributed by atoms with E-state index in [-0.39, 0.29) is 5.91 Å². The van der Waals surface area contributed by atoms with E-state index in [0.29, 0.717) is 17.3 Å². The van der Waals surface area contributed by atoms with Crippen molar-refractivity contribution < 1.29 is 14.3 Å². The number of amides is 1. The Kier molecular flexibility index (Phi) is 8.15. The Morgan fingerprint density at radius 3 is 2.61 bits per heavy atom. The fraction of sp³-hybridized carbons (Fsp3) is 0.292. The standard InChI is InChI=1S/C24H26BrClN4O3/c1-14-10-20(26)7-9-21(14)33-17(4)24(31)28-27-12-18-6-8-22(32-5)19(11-18)13-30-16(3)23(25)15(2)29-30/h6-12,17H,13H2,1-5H3,(H,28,31)/b27-12-/t17-/m0/s1. The maximum absolute atomic E-state index is 12.4. The number of ether oxygens (including phenoxy) is 2. The summed E-state index contributed by atoms with van der Waals surface area (Å²) < 4.78 is 14.1. The van der Waals surface area contributed by atoms with Crippen molar-refractivity contribution in [2.24, 2.45) is 5.10 Å². The van der Waals surface area contributed by atoms with Crippen LogP contribution in [0.2, 0.25) is 5.02 Å². The highest BCUT2D eigenvalue weighted by Crippen LogP contribution is 2.25. The van der Waals surface area contributed by atoms with Gasteiger partial charge in [0.2, 0.25) is 0 Å². The van der Waals surface area contributed by atoms with Gasteiger partial charge in [-0.2, -0.15) is 10.2 Å². The van der Waals surface area contributed by atoms with E-state index in [0.717, 1.165) is 38.3 Å². The topological polar surface area (TPSA) is 77.7 Å². The summed E-state index contributed by atoms with van der Waals surface area (Å²) in [4.78, 5) is 12.4. The molecule has 3 aromatic rings. The van der Waals surface area contributed by atoms with Gasteiger partial charge in [0.1, 0.15) is 11.5 Å². The molecule has 0 radical (unpaired) electrons. The number of carbonyl (C=O) groups excluding carboxylic acids is 1. The van der Waals surface area contributed by atoms with E-state index < -0.39 is 6.10 Å². The van der Waals surface area contributed by atoms with E-state index >= 15 is 0 Å². The fourth-order valence-electron chi connectivity index (χ4n) is 3.24. The maximum Gasteiger partial charge on any atom is 0.280 e. The zero-order valence-electron chi connectivity index (χ0n) is 19.1. The van der Waals surface area contributed by atoms with Crippen molar-refractivity contribution in [2.45, 2.75) is 40.3 Å². The Morgan fingerprint density at radius 2 is 1.97 bits per heavy atom. The first-order valence-electron chi connectivity index (χ1n) is 10.3. The van der Waals surface area contributed by atoms with Crippen LogP contribution >= 0.6 is 27.5 Å². The van der Waals surface area contributed by atoms with Gasteiger partial charge in [-0.25, -0.2) is 5.43 Å². The maximum atomic E-state index is 12.4. The number of halogens is 2. The van der Waals surface area contributed by atoms with E-state index in [1.165, 1.54) is 0 Å². The van der Waals surface area contributed by atoms with Gasteiger partial charge in [-0.05, 0) is 91.1 Å². The summed E-state index contributed by atoms with van der Waals surface area (Å²) in [5.74, 6) is 0.989. The molecule has 0 bridgehead atoms. The van der Waals surface area contributed by atoms with Crippen LogP contribution in [0, 0.1) is 20.8 Å². The molecule has 0 aliphatic heterocycles. The number of nitrogens with zero attached hydrogens (tertiary/aromatic N) is 3. The third-order valence-corrected chi connectivity index (χ3v) is 6.50. The van der Waals surface area contributed by atoms with Gasteiger partial charge in [-0.1, -0.05) is 11.6 Å². The Morgan fingerprint density at radius 1 is 1.24 bits per heavy atom. The number of methoxy groups -OCH3 is 1. The second-order valence-corrected chi connectivity index (χ2v) is 8.85. The van der Waals surface area contributed by atoms with Crippen LogP contribution < -0.4 is 14.9 Å². The summed E-state index contributed by atoms with van der Waals surface area (Å²) in [5.41, 5.74) is 7.10. The molecule has 1 atom stereocenters. The van der Waals surface area contributed by atoms with Crippen molar-refractivity contribution in [3.8, 4) is 11.5 Å². The van der Waals surface area contributed by atoms with Crippen LogP contribution in [-0.4, -0.2) is 35.1 Å². The van der Waals surface area contributed by atoms with E-state index in [2.05, 4.69) is 31.6 Å². The second-order valence-electron chi connectivity index (χ2n) is 7.62. The first kappa shape index (κ1) is 24.8. The molecule has 33 heavy (non-hydrogen) atoms. The number of nitrogens with one attached hydrogen (secondary N) is 1. The van der Waals surface area contributed by atoms with Crippen LogP contribution in [0.25, 0.3) is 0 Å². The molecular weight excluding hydrogens is 508 g/mol. The zero-order chi connectivity index (χ0) is 24.1. The third-order valence-electron chi connectivity index (χ3n) is 5.12. The molecule has 2 aromatic carbocycles. The van der Waals surface area contributed by atoms with Crippen LogP contribution in [0.3, 0.4) is 0 Å². The summed E-state index contributed by atoms with van der Waals surface area (Å²) in [6.07, 6.45) is 0.857. The largest absolute Gasteiger partial charge is 0.496 e. The van der Waals surface area contributed by atoms with E-state index in [1.807, 2.05) is 43.7 Å². The van der Waals surface area contributed by atoms with Crippen LogP contribution in [0.1, 0.15) is 35.0 Å². The molecule has 0 unspecified atom stereocenters. The van der Waals surface area contributed by atoms with E-state index in [4.69, 9.17) is 21.1 Å². The van der Waals surface area contributed by atoms with Crippen molar-refractivity contribution >= 4 is 39.7 Å². The van der Waals surface area contributed by atoms with Gasteiger partial charge < -0.3 is 9.47 Å². The molecule has 0 fully saturated rings. The van der Waals surface area contributed by atoms with E-state index in [1.54, 1.807) is 38.4 Å². The summed E-state index contributed by atoms with van der Waals surface area (Å²) >= 11 is 9.52. The first-order valence-corrected chi connectivity index (χ1v) is 11.5. The predicted molar refractivity (Wildman–Crippen MR) is 134 cm³/mol. The second kappa shape index (κ2) is 10.9. The fourth-order valence-corrected chi connectivity index (χ4v) is 3.75. The molecule has 0 spiro atoms. The quantitative estimate of drug-likeness (QED) is 0.319. The monoisotopic (exact) mass is 532 g/mol. The number of hydrogen-bond donors (Lipinski definition) is 1. The highest BCUT2D eigenvalue weighted by molar-refractivity contribution is 9.10. The molecule has 0 saturated heterocycles. The average Bonchev–Trinajstić information content (AvgIpc) is 3.02. The van der Waals surface area contributed by atoms with Crippen molar-refractivity contribution in [2.75, 3.05) is 7.11 Å². The van der Waals surface area contributed by atoms with Gasteiger partial charge in [0.05, 0.1) is 35.7 Å². The molecule has 0 aliphatic carbocycles. The smallest absolute Gasteiger partial charge is 0.280 e. The minimum atomic E-state index is -0.724. The molecular formula is C24H26BrClN4O3. The average molecular weight is 534 g/mol. The first-order chi connectivity index (χ1) is 15.7. The number of aryl methyl sites for hydroxylation is 2. The normalized spacial score (nSPS) is 12.1. The van der Waals surface area contributed by atoms with Crippen molar-refractivity contribution in [1.29, 1.82) is 0 Å². The lowest BCUT2D eigenvalue weighted by Gasteiger charge is -2.15. The van der Waals surface area contributed by atoms with Gasteiger partial charge in [0, 0.05) is 10.6 Å². The molecule has 1 heterocycles. The highest BCUT2D eigenvalue weighted by Gasteiger charge is 2.15. The lowest BCUT2D eigenvalue weighted by Crippen LogP contribution is -2.33. The zero-order valence-corrected chi connectivity index (χ0v) is 21.5. The lowest BCUT2D eigenvalue weighted by atomic mass is 10.1. The molecule has 7 nitrogen and oxygen atoms in total. The number of rotatable bonds is 8. The van der Waals surface area contributed by atoms with Gasteiger partial charge in [0.25, 0.3) is 5.91 Å². The molecule has 0 saturated carbocycles. The Hall–Kier alpha value is -2.84. The number of hydrogen-bond acceptors (Lipinski definition) is 5. The van der Waals surface area contributed by atoms with Gasteiger partial charge in [-0.15, -0.1) is 0 Å². The molecule has 1 aromatic heterocycles. The van der Waals surface area contributed by atoms with Crippen LogP contribution in [-0.2, 0) is 11.3 Å². The summed E-state index contributed by atoms with van der Waals surface area (Å²) in [7, 11) is 1.63. The van der Waals surface area contributed by atoms with Gasteiger partial charge in [0.15, 0.2) is 6.10 Å². The van der Waals surface area contributed by atoms with Crippen molar-refractivity contribution in [1.82, 2.24) is 15.2 Å². The predicted octanol–water partition coefficient (Wildman–Crippen LogP) is 5.20. The lowest BCUT2D eigenvalue weighted by molar-refractivity contribution is -0.127. The third kappa shape index (κ3) is 6.15. The van der Waals surface area contributed by atoms with E-state index in [9.17, 15) is 4.79 Å². The van der Waals surface area contributed by atoms with Crippen LogP contribution in [0.4, 0.5) is 0 Å². The van der Waals surface area contributed by atoms with Crippen LogP contribution in [0.5, 0.6) is 11.5 Å². The molecule has 3 rings (SSSR count).